The van der Waals surface area contributed by atoms with Gasteiger partial charge in [0.2, 0.25) is 0 Å². The summed E-state index contributed by atoms with van der Waals surface area (Å²) in [5.41, 5.74) is 6.80. The Hall–Kier alpha value is -0.830. The highest BCUT2D eigenvalue weighted by molar-refractivity contribution is 5.77. The number of hydrogen-bond donors (Lipinski definition) is 2. The Labute approximate surface area is 86.8 Å². The molecular weight excluding hydrogens is 176 g/mol. The van der Waals surface area contributed by atoms with E-state index in [0.717, 1.165) is 6.42 Å². The monoisotopic (exact) mass is 198 g/mol. The Bertz CT molecular complexity index is 205. The van der Waals surface area contributed by atoms with E-state index < -0.39 is 0 Å². The molecule has 0 fully saturated rings. The van der Waals surface area contributed by atoms with Gasteiger partial charge < -0.3 is 10.5 Å². The minimum absolute atomic E-state index is 0.175. The van der Waals surface area contributed by atoms with Gasteiger partial charge in [0.05, 0.1) is 12.6 Å². The number of nitrogens with two attached hydrogens (primary N) is 1. The zero-order chi connectivity index (χ0) is 11.1. The van der Waals surface area contributed by atoms with Gasteiger partial charge in [-0.2, -0.15) is 0 Å². The Morgan fingerprint density at radius 3 is 2.43 bits per heavy atom. The van der Waals surface area contributed by atoms with Gasteiger partial charge in [0.15, 0.2) is 5.90 Å². The predicted octanol–water partition coefficient (Wildman–Crippen LogP) is 2.32. The number of nitrogens with one attached hydrogen (secondary N) is 1. The lowest BCUT2D eigenvalue weighted by Gasteiger charge is -2.13. The summed E-state index contributed by atoms with van der Waals surface area (Å²) >= 11 is 0. The molecule has 82 valence electrons. The molecule has 2 atom stereocenters. The summed E-state index contributed by atoms with van der Waals surface area (Å²) in [5, 5.41) is 7.39. The minimum Gasteiger partial charge on any atom is -0.480 e. The van der Waals surface area contributed by atoms with Crippen LogP contribution < -0.4 is 5.73 Å². The van der Waals surface area contributed by atoms with Crippen LogP contribution in [0.1, 0.15) is 34.1 Å². The van der Waals surface area contributed by atoms with Gasteiger partial charge in [-0.05, 0) is 33.1 Å². The predicted molar refractivity (Wildman–Crippen MR) is 60.5 cm³/mol. The van der Waals surface area contributed by atoms with Gasteiger partial charge in [0.25, 0.3) is 0 Å². The first-order valence-corrected chi connectivity index (χ1v) is 5.03. The minimum atomic E-state index is -0.300. The van der Waals surface area contributed by atoms with E-state index in [1.54, 1.807) is 6.92 Å². The molecule has 3 heteroatoms. The standard InChI is InChI=1S/C11H22N2O/c1-8(2)5-6-9(3)7-14-11(13)10(4)12/h5,9-10,13H,6-7,12H2,1-4H3. The van der Waals surface area contributed by atoms with Gasteiger partial charge >= 0.3 is 0 Å². The molecule has 2 unspecified atom stereocenters. The summed E-state index contributed by atoms with van der Waals surface area (Å²) in [6.07, 6.45) is 3.18. The van der Waals surface area contributed by atoms with Crippen LogP contribution in [0.4, 0.5) is 0 Å². The molecule has 0 saturated heterocycles. The third-order valence-electron chi connectivity index (χ3n) is 1.87. The third-order valence-corrected chi connectivity index (χ3v) is 1.87. The second-order valence-electron chi connectivity index (χ2n) is 4.09. The van der Waals surface area contributed by atoms with Crippen LogP contribution in [0.3, 0.4) is 0 Å². The van der Waals surface area contributed by atoms with E-state index in [2.05, 4.69) is 26.8 Å². The maximum Gasteiger partial charge on any atom is 0.197 e. The quantitative estimate of drug-likeness (QED) is 0.404. The first kappa shape index (κ1) is 13.2. The van der Waals surface area contributed by atoms with Gasteiger partial charge in [0.1, 0.15) is 0 Å². The molecule has 0 amide bonds. The lowest BCUT2D eigenvalue weighted by molar-refractivity contribution is 0.238. The van der Waals surface area contributed by atoms with Crippen molar-refractivity contribution in [3.8, 4) is 0 Å². The van der Waals surface area contributed by atoms with Crippen molar-refractivity contribution in [1.29, 1.82) is 5.41 Å². The van der Waals surface area contributed by atoms with Gasteiger partial charge in [0, 0.05) is 0 Å². The van der Waals surface area contributed by atoms with Crippen LogP contribution in [0.15, 0.2) is 11.6 Å². The highest BCUT2D eigenvalue weighted by Gasteiger charge is 2.06. The first-order valence-electron chi connectivity index (χ1n) is 5.03. The number of ether oxygens (including phenoxy) is 1. The van der Waals surface area contributed by atoms with Crippen LogP contribution in [0.25, 0.3) is 0 Å². The third kappa shape index (κ3) is 6.66. The van der Waals surface area contributed by atoms with Gasteiger partial charge in [-0.3, -0.25) is 5.41 Å². The zero-order valence-electron chi connectivity index (χ0n) is 9.63. The van der Waals surface area contributed by atoms with E-state index in [1.165, 1.54) is 5.57 Å². The zero-order valence-corrected chi connectivity index (χ0v) is 9.63. The summed E-state index contributed by atoms with van der Waals surface area (Å²) in [5.74, 6) is 0.609. The fraction of sp³-hybridized carbons (Fsp3) is 0.727. The van der Waals surface area contributed by atoms with Crippen molar-refractivity contribution < 1.29 is 4.74 Å². The van der Waals surface area contributed by atoms with E-state index in [-0.39, 0.29) is 11.9 Å². The topological polar surface area (TPSA) is 59.1 Å². The van der Waals surface area contributed by atoms with Crippen molar-refractivity contribution in [2.75, 3.05) is 6.61 Å². The van der Waals surface area contributed by atoms with Crippen molar-refractivity contribution in [3.05, 3.63) is 11.6 Å². The summed E-state index contributed by atoms with van der Waals surface area (Å²) in [4.78, 5) is 0. The van der Waals surface area contributed by atoms with Crippen LogP contribution in [0.5, 0.6) is 0 Å². The highest BCUT2D eigenvalue weighted by atomic mass is 16.5. The van der Waals surface area contributed by atoms with Crippen LogP contribution in [0.2, 0.25) is 0 Å². The van der Waals surface area contributed by atoms with Crippen LogP contribution >= 0.6 is 0 Å². The van der Waals surface area contributed by atoms with Crippen LogP contribution in [-0.4, -0.2) is 18.5 Å². The van der Waals surface area contributed by atoms with Gasteiger partial charge in [-0.1, -0.05) is 18.6 Å². The Morgan fingerprint density at radius 1 is 1.43 bits per heavy atom. The molecule has 0 saturated carbocycles. The molecule has 0 radical (unpaired) electrons. The Kier molecular flexibility index (Phi) is 6.21. The second kappa shape index (κ2) is 6.60. The molecule has 0 aromatic carbocycles. The molecule has 3 N–H and O–H groups in total. The average Bonchev–Trinajstić information content (AvgIpc) is 2.10. The molecule has 0 bridgehead atoms. The summed E-state index contributed by atoms with van der Waals surface area (Å²) < 4.78 is 5.23. The average molecular weight is 198 g/mol. The molecule has 0 rings (SSSR count). The molecule has 0 heterocycles. The molecule has 0 aliphatic rings. The molecule has 0 aliphatic heterocycles. The van der Waals surface area contributed by atoms with Gasteiger partial charge in [-0.15, -0.1) is 0 Å². The smallest absolute Gasteiger partial charge is 0.197 e. The van der Waals surface area contributed by atoms with E-state index in [9.17, 15) is 0 Å². The lowest BCUT2D eigenvalue weighted by atomic mass is 10.1. The van der Waals surface area contributed by atoms with Crippen molar-refractivity contribution in [1.82, 2.24) is 0 Å². The SMILES string of the molecule is CC(C)=CCC(C)COC(=N)C(C)N. The molecular formula is C11H22N2O. The lowest BCUT2D eigenvalue weighted by Crippen LogP contribution is -2.29. The molecule has 0 aliphatic carbocycles. The van der Waals surface area contributed by atoms with Crippen molar-refractivity contribution in [2.24, 2.45) is 11.7 Å². The fourth-order valence-electron chi connectivity index (χ4n) is 0.868. The molecule has 3 nitrogen and oxygen atoms in total. The van der Waals surface area contributed by atoms with Crippen molar-refractivity contribution >= 4 is 5.90 Å². The maximum absolute atomic E-state index is 7.39. The maximum atomic E-state index is 7.39. The number of rotatable bonds is 5. The largest absolute Gasteiger partial charge is 0.480 e. The Balaban J connectivity index is 3.69. The normalized spacial score (nSPS) is 14.4. The first-order chi connectivity index (χ1) is 6.43. The summed E-state index contributed by atoms with van der Waals surface area (Å²) in [7, 11) is 0. The molecule has 0 aromatic rings. The van der Waals surface area contributed by atoms with Crippen LogP contribution in [0, 0.1) is 11.3 Å². The summed E-state index contributed by atoms with van der Waals surface area (Å²) in [6, 6.07) is -0.300. The number of allylic oxidation sites excluding steroid dienone is 2. The molecule has 0 spiro atoms. The highest BCUT2D eigenvalue weighted by Crippen LogP contribution is 2.06. The van der Waals surface area contributed by atoms with E-state index in [4.69, 9.17) is 15.9 Å². The van der Waals surface area contributed by atoms with Gasteiger partial charge in [-0.25, -0.2) is 0 Å². The molecule has 14 heavy (non-hydrogen) atoms. The van der Waals surface area contributed by atoms with Crippen molar-refractivity contribution in [3.63, 3.8) is 0 Å². The second-order valence-corrected chi connectivity index (χ2v) is 4.09. The summed E-state index contributed by atoms with van der Waals surface area (Å²) in [6.45, 7) is 8.59. The Morgan fingerprint density at radius 2 is 2.00 bits per heavy atom. The van der Waals surface area contributed by atoms with Crippen molar-refractivity contribution in [2.45, 2.75) is 40.2 Å². The van der Waals surface area contributed by atoms with E-state index in [1.807, 2.05) is 0 Å². The van der Waals surface area contributed by atoms with E-state index >= 15 is 0 Å². The fourth-order valence-corrected chi connectivity index (χ4v) is 0.868. The number of hydrogen-bond acceptors (Lipinski definition) is 3. The molecule has 0 aromatic heterocycles. The van der Waals surface area contributed by atoms with E-state index in [0.29, 0.717) is 12.5 Å². The van der Waals surface area contributed by atoms with Crippen LogP contribution in [-0.2, 0) is 4.74 Å².